The first-order chi connectivity index (χ1) is 9.31. The zero-order valence-electron chi connectivity index (χ0n) is 11.9. The molecule has 0 saturated heterocycles. The average molecular weight is 257 g/mol. The molecule has 0 atom stereocenters. The monoisotopic (exact) mass is 257 g/mol. The quantitative estimate of drug-likeness (QED) is 0.773. The summed E-state index contributed by atoms with van der Waals surface area (Å²) in [6.45, 7) is 6.38. The van der Waals surface area contributed by atoms with Crippen molar-refractivity contribution in [3.05, 3.63) is 42.1 Å². The van der Waals surface area contributed by atoms with Gasteiger partial charge in [0.2, 0.25) is 0 Å². The van der Waals surface area contributed by atoms with E-state index in [1.54, 1.807) is 0 Å². The summed E-state index contributed by atoms with van der Waals surface area (Å²) in [5.74, 6) is 0. The van der Waals surface area contributed by atoms with E-state index in [0.717, 1.165) is 31.7 Å². The van der Waals surface area contributed by atoms with Gasteiger partial charge in [0.1, 0.15) is 0 Å². The predicted molar refractivity (Wildman–Crippen MR) is 81.2 cm³/mol. The smallest absolute Gasteiger partial charge is 0.0705 e. The average Bonchev–Trinajstić information content (AvgIpc) is 2.44. The summed E-state index contributed by atoms with van der Waals surface area (Å²) < 4.78 is 0. The Labute approximate surface area is 115 Å². The number of pyridine rings is 1. The number of likely N-dealkylation sites (N-methyl/N-ethyl adjacent to an activating group) is 1. The minimum atomic E-state index is 0.969. The molecule has 0 saturated carbocycles. The van der Waals surface area contributed by atoms with Crippen molar-refractivity contribution in [1.82, 2.24) is 15.2 Å². The van der Waals surface area contributed by atoms with Crippen molar-refractivity contribution in [2.45, 2.75) is 19.9 Å². The van der Waals surface area contributed by atoms with Crippen molar-refractivity contribution in [3.63, 3.8) is 0 Å². The van der Waals surface area contributed by atoms with Crippen molar-refractivity contribution >= 4 is 10.9 Å². The molecule has 0 radical (unpaired) electrons. The summed E-state index contributed by atoms with van der Waals surface area (Å²) in [6, 6.07) is 10.5. The highest BCUT2D eigenvalue weighted by atomic mass is 15.1. The first-order valence-electron chi connectivity index (χ1n) is 7.03. The molecule has 1 aromatic carbocycles. The standard InChI is InChI=1S/C16H23N3/c1-3-9-17-11-12-19(2)13-14-8-10-18-16-7-5-4-6-15(14)16/h4-8,10,17H,3,9,11-13H2,1-2H3. The molecule has 0 unspecified atom stereocenters. The first kappa shape index (κ1) is 14.0. The Morgan fingerprint density at radius 3 is 2.84 bits per heavy atom. The SMILES string of the molecule is CCCNCCN(C)Cc1ccnc2ccccc12. The second-order valence-electron chi connectivity index (χ2n) is 4.98. The van der Waals surface area contributed by atoms with Crippen LogP contribution in [-0.2, 0) is 6.54 Å². The molecule has 0 aliphatic rings. The number of fused-ring (bicyclic) bond motifs is 1. The van der Waals surface area contributed by atoms with E-state index in [1.807, 2.05) is 12.3 Å². The van der Waals surface area contributed by atoms with E-state index in [1.165, 1.54) is 17.4 Å². The molecular formula is C16H23N3. The second-order valence-corrected chi connectivity index (χ2v) is 4.98. The molecule has 1 aromatic heterocycles. The van der Waals surface area contributed by atoms with E-state index in [-0.39, 0.29) is 0 Å². The molecule has 3 nitrogen and oxygen atoms in total. The van der Waals surface area contributed by atoms with Crippen LogP contribution in [-0.4, -0.2) is 36.6 Å². The Morgan fingerprint density at radius 2 is 2.00 bits per heavy atom. The summed E-state index contributed by atoms with van der Waals surface area (Å²) in [7, 11) is 2.17. The Kier molecular flexibility index (Phi) is 5.31. The van der Waals surface area contributed by atoms with Crippen LogP contribution in [0.15, 0.2) is 36.5 Å². The van der Waals surface area contributed by atoms with Crippen LogP contribution in [0.25, 0.3) is 10.9 Å². The molecule has 0 aliphatic carbocycles. The van der Waals surface area contributed by atoms with Crippen LogP contribution in [0.3, 0.4) is 0 Å². The molecule has 19 heavy (non-hydrogen) atoms. The fraction of sp³-hybridized carbons (Fsp3) is 0.438. The molecule has 2 rings (SSSR count). The topological polar surface area (TPSA) is 28.2 Å². The van der Waals surface area contributed by atoms with Gasteiger partial charge in [0.15, 0.2) is 0 Å². The fourth-order valence-electron chi connectivity index (χ4n) is 2.23. The highest BCUT2D eigenvalue weighted by molar-refractivity contribution is 5.81. The third-order valence-corrected chi connectivity index (χ3v) is 3.28. The fourth-order valence-corrected chi connectivity index (χ4v) is 2.23. The predicted octanol–water partition coefficient (Wildman–Crippen LogP) is 2.67. The van der Waals surface area contributed by atoms with Gasteiger partial charge in [-0.05, 0) is 37.7 Å². The number of nitrogens with one attached hydrogen (secondary N) is 1. The third-order valence-electron chi connectivity index (χ3n) is 3.28. The van der Waals surface area contributed by atoms with Gasteiger partial charge in [-0.3, -0.25) is 4.98 Å². The molecule has 0 bridgehead atoms. The highest BCUT2D eigenvalue weighted by Gasteiger charge is 2.04. The third kappa shape index (κ3) is 4.01. The molecule has 0 amide bonds. The normalized spacial score (nSPS) is 11.3. The van der Waals surface area contributed by atoms with Gasteiger partial charge in [0.25, 0.3) is 0 Å². The second kappa shape index (κ2) is 7.22. The van der Waals surface area contributed by atoms with E-state index in [0.29, 0.717) is 0 Å². The molecule has 102 valence electrons. The van der Waals surface area contributed by atoms with Gasteiger partial charge in [-0.2, -0.15) is 0 Å². The Balaban J connectivity index is 1.97. The lowest BCUT2D eigenvalue weighted by Gasteiger charge is -2.18. The molecule has 0 spiro atoms. The van der Waals surface area contributed by atoms with Crippen molar-refractivity contribution in [3.8, 4) is 0 Å². The number of hydrogen-bond donors (Lipinski definition) is 1. The number of hydrogen-bond acceptors (Lipinski definition) is 3. The zero-order chi connectivity index (χ0) is 13.5. The van der Waals surface area contributed by atoms with Crippen LogP contribution in [0, 0.1) is 0 Å². The van der Waals surface area contributed by atoms with Crippen LogP contribution >= 0.6 is 0 Å². The Hall–Kier alpha value is -1.45. The summed E-state index contributed by atoms with van der Waals surface area (Å²) >= 11 is 0. The van der Waals surface area contributed by atoms with Gasteiger partial charge in [0, 0.05) is 31.2 Å². The summed E-state index contributed by atoms with van der Waals surface area (Å²) in [6.07, 6.45) is 3.10. The zero-order valence-corrected chi connectivity index (χ0v) is 11.9. The van der Waals surface area contributed by atoms with Crippen molar-refractivity contribution in [2.75, 3.05) is 26.7 Å². The van der Waals surface area contributed by atoms with E-state index in [2.05, 4.69) is 53.4 Å². The van der Waals surface area contributed by atoms with E-state index in [9.17, 15) is 0 Å². The maximum Gasteiger partial charge on any atom is 0.0705 e. The highest BCUT2D eigenvalue weighted by Crippen LogP contribution is 2.17. The van der Waals surface area contributed by atoms with E-state index in [4.69, 9.17) is 0 Å². The lowest BCUT2D eigenvalue weighted by atomic mass is 10.1. The van der Waals surface area contributed by atoms with Crippen molar-refractivity contribution in [1.29, 1.82) is 0 Å². The van der Waals surface area contributed by atoms with Crippen LogP contribution in [0.4, 0.5) is 0 Å². The lowest BCUT2D eigenvalue weighted by Crippen LogP contribution is -2.29. The molecule has 0 aliphatic heterocycles. The number of nitrogens with zero attached hydrogens (tertiary/aromatic N) is 2. The van der Waals surface area contributed by atoms with Gasteiger partial charge < -0.3 is 10.2 Å². The largest absolute Gasteiger partial charge is 0.315 e. The molecular weight excluding hydrogens is 234 g/mol. The maximum atomic E-state index is 4.40. The minimum Gasteiger partial charge on any atom is -0.315 e. The molecule has 2 aromatic rings. The molecule has 1 N–H and O–H groups in total. The molecule has 3 heteroatoms. The summed E-state index contributed by atoms with van der Waals surface area (Å²) in [5, 5.41) is 4.70. The maximum absolute atomic E-state index is 4.40. The van der Waals surface area contributed by atoms with Crippen LogP contribution in [0.5, 0.6) is 0 Å². The number of aromatic nitrogens is 1. The first-order valence-corrected chi connectivity index (χ1v) is 7.03. The Morgan fingerprint density at radius 1 is 1.16 bits per heavy atom. The minimum absolute atomic E-state index is 0.969. The van der Waals surface area contributed by atoms with Gasteiger partial charge in [-0.15, -0.1) is 0 Å². The summed E-state index contributed by atoms with van der Waals surface area (Å²) in [5.41, 5.74) is 2.43. The molecule has 1 heterocycles. The molecule has 0 fully saturated rings. The van der Waals surface area contributed by atoms with Gasteiger partial charge >= 0.3 is 0 Å². The van der Waals surface area contributed by atoms with E-state index >= 15 is 0 Å². The Bertz CT molecular complexity index is 505. The lowest BCUT2D eigenvalue weighted by molar-refractivity contribution is 0.325. The van der Waals surface area contributed by atoms with Crippen LogP contribution in [0.2, 0.25) is 0 Å². The van der Waals surface area contributed by atoms with Crippen LogP contribution in [0.1, 0.15) is 18.9 Å². The number of para-hydroxylation sites is 1. The number of benzene rings is 1. The van der Waals surface area contributed by atoms with Crippen molar-refractivity contribution < 1.29 is 0 Å². The van der Waals surface area contributed by atoms with Crippen molar-refractivity contribution in [2.24, 2.45) is 0 Å². The van der Waals surface area contributed by atoms with Crippen LogP contribution < -0.4 is 5.32 Å². The summed E-state index contributed by atoms with van der Waals surface area (Å²) in [4.78, 5) is 6.76. The van der Waals surface area contributed by atoms with E-state index < -0.39 is 0 Å². The van der Waals surface area contributed by atoms with Gasteiger partial charge in [-0.1, -0.05) is 25.1 Å². The number of rotatable bonds is 7. The van der Waals surface area contributed by atoms with Gasteiger partial charge in [-0.25, -0.2) is 0 Å². The van der Waals surface area contributed by atoms with Gasteiger partial charge in [0.05, 0.1) is 5.52 Å².